The molecular formula is C10H16N2OS. The zero-order chi connectivity index (χ0) is 10.6. The van der Waals surface area contributed by atoms with E-state index in [2.05, 4.69) is 4.98 Å². The number of thioether (sulfide) groups is 1. The molecule has 0 aromatic carbocycles. The summed E-state index contributed by atoms with van der Waals surface area (Å²) in [5, 5.41) is 9.99. The van der Waals surface area contributed by atoms with Gasteiger partial charge in [-0.3, -0.25) is 0 Å². The molecule has 1 heterocycles. The van der Waals surface area contributed by atoms with Crippen molar-refractivity contribution in [3.05, 3.63) is 23.9 Å². The summed E-state index contributed by atoms with van der Waals surface area (Å²) < 4.78 is 0. The summed E-state index contributed by atoms with van der Waals surface area (Å²) in [6.07, 6.45) is 1.76. The molecule has 78 valence electrons. The molecule has 0 aliphatic carbocycles. The molecule has 4 heteroatoms. The van der Waals surface area contributed by atoms with E-state index >= 15 is 0 Å². The minimum atomic E-state index is 0.0294. The highest BCUT2D eigenvalue weighted by atomic mass is 32.2. The van der Waals surface area contributed by atoms with E-state index in [0.717, 1.165) is 10.6 Å². The van der Waals surface area contributed by atoms with Crippen LogP contribution in [0.5, 0.6) is 0 Å². The molecule has 0 amide bonds. The normalized spacial score (nSPS) is 15.1. The van der Waals surface area contributed by atoms with Crippen LogP contribution in [0.3, 0.4) is 0 Å². The Bertz CT molecular complexity index is 291. The van der Waals surface area contributed by atoms with Crippen molar-refractivity contribution in [2.75, 3.05) is 6.61 Å². The summed E-state index contributed by atoms with van der Waals surface area (Å²) in [4.78, 5) is 4.21. The Morgan fingerprint density at radius 2 is 2.29 bits per heavy atom. The number of nitrogens with two attached hydrogens (primary N) is 1. The third-order valence-corrected chi connectivity index (χ3v) is 2.88. The van der Waals surface area contributed by atoms with Crippen LogP contribution in [0.2, 0.25) is 0 Å². The van der Waals surface area contributed by atoms with Crippen LogP contribution in [-0.4, -0.2) is 21.9 Å². The van der Waals surface area contributed by atoms with Gasteiger partial charge in [0.15, 0.2) is 0 Å². The van der Waals surface area contributed by atoms with Gasteiger partial charge in [-0.2, -0.15) is 0 Å². The number of aromatic nitrogens is 1. The van der Waals surface area contributed by atoms with Gasteiger partial charge in [0, 0.05) is 17.5 Å². The zero-order valence-corrected chi connectivity index (χ0v) is 9.29. The quantitative estimate of drug-likeness (QED) is 0.744. The molecule has 1 unspecified atom stereocenters. The summed E-state index contributed by atoms with van der Waals surface area (Å²) in [5.74, 6) is 0. The van der Waals surface area contributed by atoms with Crippen molar-refractivity contribution in [2.45, 2.75) is 30.2 Å². The molecule has 3 nitrogen and oxygen atoms in total. The molecule has 0 saturated carbocycles. The lowest BCUT2D eigenvalue weighted by Gasteiger charge is -2.09. The summed E-state index contributed by atoms with van der Waals surface area (Å²) in [5.41, 5.74) is 6.84. The first kappa shape index (κ1) is 11.5. The predicted molar refractivity (Wildman–Crippen MR) is 59.2 cm³/mol. The number of rotatable bonds is 4. The first-order valence-corrected chi connectivity index (χ1v) is 5.50. The van der Waals surface area contributed by atoms with Crippen molar-refractivity contribution >= 4 is 11.8 Å². The summed E-state index contributed by atoms with van der Waals surface area (Å²) >= 11 is 1.56. The second kappa shape index (κ2) is 5.34. The SMILES string of the molecule is CC(CO)Sc1cc([C@@H](C)N)ccn1. The predicted octanol–water partition coefficient (Wildman–Crippen LogP) is 1.57. The van der Waals surface area contributed by atoms with Gasteiger partial charge in [-0.15, -0.1) is 11.8 Å². The van der Waals surface area contributed by atoms with Crippen molar-refractivity contribution in [1.82, 2.24) is 4.98 Å². The summed E-state index contributed by atoms with van der Waals surface area (Å²) in [6, 6.07) is 3.92. The maximum absolute atomic E-state index is 8.90. The van der Waals surface area contributed by atoms with Gasteiger partial charge in [0.2, 0.25) is 0 Å². The standard InChI is InChI=1S/C10H16N2OS/c1-7(6-13)14-10-5-9(8(2)11)3-4-12-10/h3-5,7-8,13H,6,11H2,1-2H3/t7?,8-/m1/s1. The van der Waals surface area contributed by atoms with Gasteiger partial charge in [-0.1, -0.05) is 6.92 Å². The summed E-state index contributed by atoms with van der Waals surface area (Å²) in [6.45, 7) is 4.07. The van der Waals surface area contributed by atoms with E-state index in [4.69, 9.17) is 10.8 Å². The molecule has 0 saturated heterocycles. The van der Waals surface area contributed by atoms with Gasteiger partial charge < -0.3 is 10.8 Å². The Hall–Kier alpha value is -0.580. The second-order valence-electron chi connectivity index (χ2n) is 3.33. The topological polar surface area (TPSA) is 59.1 Å². The molecule has 1 aromatic heterocycles. The van der Waals surface area contributed by atoms with E-state index in [9.17, 15) is 0 Å². The smallest absolute Gasteiger partial charge is 0.0966 e. The molecule has 0 bridgehead atoms. The fraction of sp³-hybridized carbons (Fsp3) is 0.500. The number of hydrogen-bond acceptors (Lipinski definition) is 4. The van der Waals surface area contributed by atoms with E-state index in [1.54, 1.807) is 18.0 Å². The van der Waals surface area contributed by atoms with Crippen molar-refractivity contribution in [3.63, 3.8) is 0 Å². The molecule has 1 rings (SSSR count). The number of aliphatic hydroxyl groups is 1. The first-order valence-electron chi connectivity index (χ1n) is 4.62. The molecule has 14 heavy (non-hydrogen) atoms. The van der Waals surface area contributed by atoms with Crippen LogP contribution in [-0.2, 0) is 0 Å². The van der Waals surface area contributed by atoms with Gasteiger partial charge in [-0.05, 0) is 24.6 Å². The van der Waals surface area contributed by atoms with Crippen LogP contribution in [0.1, 0.15) is 25.5 Å². The lowest BCUT2D eigenvalue weighted by atomic mass is 10.1. The Kier molecular flexibility index (Phi) is 4.38. The molecule has 0 radical (unpaired) electrons. The van der Waals surface area contributed by atoms with Gasteiger partial charge >= 0.3 is 0 Å². The maximum atomic E-state index is 8.90. The molecule has 0 aliphatic heterocycles. The molecule has 0 aliphatic rings. The minimum absolute atomic E-state index is 0.0294. The third-order valence-electron chi connectivity index (χ3n) is 1.86. The molecule has 1 aromatic rings. The van der Waals surface area contributed by atoms with Gasteiger partial charge in [0.1, 0.15) is 0 Å². The molecule has 0 fully saturated rings. The van der Waals surface area contributed by atoms with Gasteiger partial charge in [0.25, 0.3) is 0 Å². The van der Waals surface area contributed by atoms with Crippen LogP contribution >= 0.6 is 11.8 Å². The number of hydrogen-bond donors (Lipinski definition) is 2. The van der Waals surface area contributed by atoms with Gasteiger partial charge in [-0.25, -0.2) is 4.98 Å². The van der Waals surface area contributed by atoms with Crippen LogP contribution in [0.15, 0.2) is 23.4 Å². The van der Waals surface area contributed by atoms with E-state index in [1.807, 2.05) is 26.0 Å². The number of nitrogens with zero attached hydrogens (tertiary/aromatic N) is 1. The van der Waals surface area contributed by atoms with Crippen LogP contribution in [0.25, 0.3) is 0 Å². The monoisotopic (exact) mass is 212 g/mol. The highest BCUT2D eigenvalue weighted by molar-refractivity contribution is 7.99. The Morgan fingerprint density at radius 1 is 1.57 bits per heavy atom. The van der Waals surface area contributed by atoms with Crippen molar-refractivity contribution in [2.24, 2.45) is 5.73 Å². The lowest BCUT2D eigenvalue weighted by Crippen LogP contribution is -2.06. The number of pyridine rings is 1. The Labute approximate surface area is 88.7 Å². The average Bonchev–Trinajstić information content (AvgIpc) is 2.18. The van der Waals surface area contributed by atoms with E-state index < -0.39 is 0 Å². The second-order valence-corrected chi connectivity index (χ2v) is 4.79. The molecule has 2 atom stereocenters. The fourth-order valence-corrected chi connectivity index (χ4v) is 1.83. The van der Waals surface area contributed by atoms with Crippen LogP contribution < -0.4 is 5.73 Å². The van der Waals surface area contributed by atoms with Crippen molar-refractivity contribution in [1.29, 1.82) is 0 Å². The van der Waals surface area contributed by atoms with E-state index in [-0.39, 0.29) is 17.9 Å². The average molecular weight is 212 g/mol. The highest BCUT2D eigenvalue weighted by Gasteiger charge is 2.06. The van der Waals surface area contributed by atoms with E-state index in [0.29, 0.717) is 0 Å². The highest BCUT2D eigenvalue weighted by Crippen LogP contribution is 2.22. The van der Waals surface area contributed by atoms with Gasteiger partial charge in [0.05, 0.1) is 11.6 Å². The zero-order valence-electron chi connectivity index (χ0n) is 8.47. The Morgan fingerprint density at radius 3 is 2.86 bits per heavy atom. The van der Waals surface area contributed by atoms with Crippen molar-refractivity contribution in [3.8, 4) is 0 Å². The first-order chi connectivity index (χ1) is 6.63. The molecule has 3 N–H and O–H groups in total. The Balaban J connectivity index is 2.73. The molecular weight excluding hydrogens is 196 g/mol. The maximum Gasteiger partial charge on any atom is 0.0966 e. The fourth-order valence-electron chi connectivity index (χ4n) is 1.02. The third kappa shape index (κ3) is 3.29. The van der Waals surface area contributed by atoms with Crippen LogP contribution in [0, 0.1) is 0 Å². The van der Waals surface area contributed by atoms with Crippen LogP contribution in [0.4, 0.5) is 0 Å². The van der Waals surface area contributed by atoms with Crippen molar-refractivity contribution < 1.29 is 5.11 Å². The lowest BCUT2D eigenvalue weighted by molar-refractivity contribution is 0.300. The largest absolute Gasteiger partial charge is 0.395 e. The summed E-state index contributed by atoms with van der Waals surface area (Å²) in [7, 11) is 0. The number of aliphatic hydroxyl groups excluding tert-OH is 1. The minimum Gasteiger partial charge on any atom is -0.395 e. The van der Waals surface area contributed by atoms with E-state index in [1.165, 1.54) is 0 Å². The molecule has 0 spiro atoms.